The van der Waals surface area contributed by atoms with Crippen LogP contribution in [0.2, 0.25) is 0 Å². The molecule has 0 saturated carbocycles. The second kappa shape index (κ2) is 9.87. The monoisotopic (exact) mass is 494 g/mol. The molecule has 6 nitrogen and oxygen atoms in total. The lowest BCUT2D eigenvalue weighted by Gasteiger charge is -2.23. The number of benzene rings is 3. The van der Waals surface area contributed by atoms with Crippen LogP contribution in [0.1, 0.15) is 35.1 Å². The number of thiophene rings is 1. The minimum absolute atomic E-state index is 0.125. The van der Waals surface area contributed by atoms with Crippen LogP contribution in [0, 0.1) is 0 Å². The molecule has 3 aromatic carbocycles. The van der Waals surface area contributed by atoms with Crippen LogP contribution >= 0.6 is 11.3 Å². The average molecular weight is 495 g/mol. The minimum Gasteiger partial charge on any atom is -0.497 e. The summed E-state index contributed by atoms with van der Waals surface area (Å²) in [6, 6.07) is 23.2. The number of fused-ring (bicyclic) bond motifs is 1. The van der Waals surface area contributed by atoms with Crippen molar-refractivity contribution in [1.29, 1.82) is 0 Å². The summed E-state index contributed by atoms with van der Waals surface area (Å²) in [6.07, 6.45) is 0. The second-order valence-electron chi connectivity index (χ2n) is 7.78. The molecule has 0 fully saturated rings. The topological polar surface area (TPSA) is 75.7 Å². The van der Waals surface area contributed by atoms with Gasteiger partial charge in [0.05, 0.1) is 28.6 Å². The first-order chi connectivity index (χ1) is 16.3. The Balaban J connectivity index is 1.59. The lowest BCUT2D eigenvalue weighted by Crippen LogP contribution is -2.30. The third-order valence-corrected chi connectivity index (χ3v) is 8.63. The highest BCUT2D eigenvalue weighted by Crippen LogP contribution is 2.32. The molecule has 34 heavy (non-hydrogen) atoms. The maximum atomic E-state index is 13.3. The minimum atomic E-state index is -3.75. The van der Waals surface area contributed by atoms with Gasteiger partial charge in [0.2, 0.25) is 0 Å². The smallest absolute Gasteiger partial charge is 0.264 e. The van der Waals surface area contributed by atoms with Crippen LogP contribution in [0.3, 0.4) is 0 Å². The number of hydrogen-bond acceptors (Lipinski definition) is 5. The fourth-order valence-electron chi connectivity index (χ4n) is 3.76. The number of amides is 1. The number of carbonyl (C=O) groups excluding carboxylic acids is 1. The molecule has 4 aromatic rings. The quantitative estimate of drug-likeness (QED) is 0.345. The Morgan fingerprint density at radius 2 is 1.74 bits per heavy atom. The Bertz CT molecular complexity index is 1400. The molecule has 0 spiro atoms. The van der Waals surface area contributed by atoms with Gasteiger partial charge in [0, 0.05) is 11.2 Å². The maximum Gasteiger partial charge on any atom is 0.264 e. The molecular weight excluding hydrogens is 468 g/mol. The van der Waals surface area contributed by atoms with Gasteiger partial charge in [-0.2, -0.15) is 0 Å². The highest BCUT2D eigenvalue weighted by molar-refractivity contribution is 7.92. The summed E-state index contributed by atoms with van der Waals surface area (Å²) in [4.78, 5) is 13.6. The van der Waals surface area contributed by atoms with E-state index in [0.29, 0.717) is 16.3 Å². The van der Waals surface area contributed by atoms with Crippen molar-refractivity contribution in [3.05, 3.63) is 89.3 Å². The van der Waals surface area contributed by atoms with Gasteiger partial charge in [0.15, 0.2) is 0 Å². The van der Waals surface area contributed by atoms with Crippen LogP contribution in [0.25, 0.3) is 10.1 Å². The van der Waals surface area contributed by atoms with Crippen molar-refractivity contribution in [2.75, 3.05) is 18.0 Å². The number of anilines is 1. The van der Waals surface area contributed by atoms with Crippen LogP contribution in [0.15, 0.2) is 83.8 Å². The van der Waals surface area contributed by atoms with E-state index >= 15 is 0 Å². The van der Waals surface area contributed by atoms with Gasteiger partial charge in [0.25, 0.3) is 15.9 Å². The highest BCUT2D eigenvalue weighted by atomic mass is 32.2. The van der Waals surface area contributed by atoms with Crippen LogP contribution < -0.4 is 14.4 Å². The fraction of sp³-hybridized carbons (Fsp3) is 0.192. The largest absolute Gasteiger partial charge is 0.497 e. The fourth-order valence-corrected chi connectivity index (χ4v) is 6.17. The van der Waals surface area contributed by atoms with Gasteiger partial charge in [0.1, 0.15) is 5.75 Å². The SMILES string of the molecule is CCN(c1ccc2sc(C(=O)NC(C)c3ccccc3)cc2c1)S(=O)(=O)c1ccc(OC)cc1. The van der Waals surface area contributed by atoms with Gasteiger partial charge < -0.3 is 10.1 Å². The van der Waals surface area contributed by atoms with Crippen molar-refractivity contribution in [3.8, 4) is 5.75 Å². The van der Waals surface area contributed by atoms with Crippen molar-refractivity contribution in [2.45, 2.75) is 24.8 Å². The van der Waals surface area contributed by atoms with Crippen molar-refractivity contribution in [3.63, 3.8) is 0 Å². The van der Waals surface area contributed by atoms with E-state index < -0.39 is 10.0 Å². The molecule has 0 aliphatic carbocycles. The number of carbonyl (C=O) groups is 1. The molecule has 1 unspecified atom stereocenters. The third kappa shape index (κ3) is 4.78. The summed E-state index contributed by atoms with van der Waals surface area (Å²) in [5.41, 5.74) is 1.58. The molecule has 0 bridgehead atoms. The molecule has 4 rings (SSSR count). The molecule has 1 aromatic heterocycles. The Kier molecular flexibility index (Phi) is 6.90. The van der Waals surface area contributed by atoms with E-state index in [0.717, 1.165) is 15.6 Å². The highest BCUT2D eigenvalue weighted by Gasteiger charge is 2.24. The van der Waals surface area contributed by atoms with Crippen molar-refractivity contribution >= 4 is 43.0 Å². The lowest BCUT2D eigenvalue weighted by molar-refractivity contribution is 0.0944. The van der Waals surface area contributed by atoms with Gasteiger partial charge in [-0.1, -0.05) is 30.3 Å². The Morgan fingerprint density at radius 1 is 1.03 bits per heavy atom. The molecule has 1 amide bonds. The van der Waals surface area contributed by atoms with Crippen LogP contribution in [-0.2, 0) is 10.0 Å². The average Bonchev–Trinajstić information content (AvgIpc) is 3.29. The maximum absolute atomic E-state index is 13.3. The summed E-state index contributed by atoms with van der Waals surface area (Å²) in [5, 5.41) is 3.85. The standard InChI is InChI=1S/C26H26N2O4S2/c1-4-28(34(30,31)23-13-11-22(32-3)12-14-23)21-10-15-24-20(16-21)17-25(33-24)26(29)27-18(2)19-8-6-5-7-9-19/h5-18H,4H2,1-3H3,(H,27,29). The number of hydrogen-bond donors (Lipinski definition) is 1. The Labute approximate surface area is 203 Å². The molecule has 8 heteroatoms. The molecule has 0 aliphatic rings. The lowest BCUT2D eigenvalue weighted by atomic mass is 10.1. The Hall–Kier alpha value is -3.36. The number of sulfonamides is 1. The summed E-state index contributed by atoms with van der Waals surface area (Å²) < 4.78 is 34.0. The van der Waals surface area contributed by atoms with E-state index in [1.54, 1.807) is 25.1 Å². The van der Waals surface area contributed by atoms with Gasteiger partial charge in [-0.05, 0) is 73.3 Å². The second-order valence-corrected chi connectivity index (χ2v) is 10.7. The zero-order chi connectivity index (χ0) is 24.3. The van der Waals surface area contributed by atoms with Crippen molar-refractivity contribution < 1.29 is 17.9 Å². The summed E-state index contributed by atoms with van der Waals surface area (Å²) in [7, 11) is -2.22. The molecule has 176 valence electrons. The van der Waals surface area contributed by atoms with Crippen molar-refractivity contribution in [1.82, 2.24) is 5.32 Å². The first-order valence-electron chi connectivity index (χ1n) is 10.9. The molecule has 1 atom stereocenters. The number of nitrogens with zero attached hydrogens (tertiary/aromatic N) is 1. The first-order valence-corrected chi connectivity index (χ1v) is 13.2. The number of nitrogens with one attached hydrogen (secondary N) is 1. The third-order valence-electron chi connectivity index (χ3n) is 5.59. The van der Waals surface area contributed by atoms with Gasteiger partial charge >= 0.3 is 0 Å². The van der Waals surface area contributed by atoms with Crippen LogP contribution in [-0.4, -0.2) is 28.0 Å². The van der Waals surface area contributed by atoms with E-state index in [1.165, 1.54) is 34.9 Å². The predicted octanol–water partition coefficient (Wildman–Crippen LogP) is 5.62. The summed E-state index contributed by atoms with van der Waals surface area (Å²) in [6.45, 7) is 4.01. The van der Waals surface area contributed by atoms with Gasteiger partial charge in [-0.3, -0.25) is 9.10 Å². The molecule has 0 radical (unpaired) electrons. The van der Waals surface area contributed by atoms with Crippen LogP contribution in [0.5, 0.6) is 5.75 Å². The summed E-state index contributed by atoms with van der Waals surface area (Å²) >= 11 is 1.38. The molecular formula is C26H26N2O4S2. The molecule has 1 N–H and O–H groups in total. The van der Waals surface area contributed by atoms with Crippen molar-refractivity contribution in [2.24, 2.45) is 0 Å². The van der Waals surface area contributed by atoms with Crippen LogP contribution in [0.4, 0.5) is 5.69 Å². The molecule has 0 saturated heterocycles. The Morgan fingerprint density at radius 3 is 2.38 bits per heavy atom. The zero-order valence-corrected chi connectivity index (χ0v) is 20.8. The van der Waals surface area contributed by atoms with E-state index in [2.05, 4.69) is 5.32 Å². The predicted molar refractivity (Wildman–Crippen MR) is 137 cm³/mol. The summed E-state index contributed by atoms with van der Waals surface area (Å²) in [5.74, 6) is 0.436. The number of rotatable bonds is 8. The van der Waals surface area contributed by atoms with E-state index in [-0.39, 0.29) is 23.4 Å². The van der Waals surface area contributed by atoms with Gasteiger partial charge in [-0.25, -0.2) is 8.42 Å². The number of methoxy groups -OCH3 is 1. The molecule has 1 heterocycles. The molecule has 0 aliphatic heterocycles. The number of ether oxygens (including phenoxy) is 1. The van der Waals surface area contributed by atoms with E-state index in [4.69, 9.17) is 4.74 Å². The van der Waals surface area contributed by atoms with E-state index in [1.807, 2.05) is 55.5 Å². The zero-order valence-electron chi connectivity index (χ0n) is 19.2. The van der Waals surface area contributed by atoms with Gasteiger partial charge in [-0.15, -0.1) is 11.3 Å². The first kappa shape index (κ1) is 23.8. The van der Waals surface area contributed by atoms with E-state index in [9.17, 15) is 13.2 Å². The normalized spacial score (nSPS) is 12.3.